The first-order valence-electron chi connectivity index (χ1n) is 9.76. The van der Waals surface area contributed by atoms with E-state index in [9.17, 15) is 26.4 Å². The smallest absolute Gasteiger partial charge is 0.406 e. The Morgan fingerprint density at radius 1 is 1.13 bits per heavy atom. The van der Waals surface area contributed by atoms with E-state index in [0.29, 0.717) is 30.8 Å². The molecule has 0 N–H and O–H groups in total. The van der Waals surface area contributed by atoms with Crippen LogP contribution >= 0.6 is 11.6 Å². The van der Waals surface area contributed by atoms with Crippen LogP contribution in [0.25, 0.3) is 0 Å². The molecule has 170 valence electrons. The highest BCUT2D eigenvalue weighted by molar-refractivity contribution is 7.89. The molecule has 31 heavy (non-hydrogen) atoms. The van der Waals surface area contributed by atoms with Crippen LogP contribution in [0, 0.1) is 0 Å². The van der Waals surface area contributed by atoms with Gasteiger partial charge in [0.05, 0.1) is 17.8 Å². The molecule has 1 amide bonds. The largest absolute Gasteiger partial charge is 0.467 e. The highest BCUT2D eigenvalue weighted by atomic mass is 35.5. The molecular formula is C20H22ClF3N2O4S. The summed E-state index contributed by atoms with van der Waals surface area (Å²) in [5, 5.41) is -0.0887. The number of nitrogens with zero attached hydrogens (tertiary/aromatic N) is 2. The summed E-state index contributed by atoms with van der Waals surface area (Å²) in [5.74, 6) is -0.804. The fourth-order valence-corrected chi connectivity index (χ4v) is 5.46. The molecule has 11 heteroatoms. The van der Waals surface area contributed by atoms with Gasteiger partial charge in [0, 0.05) is 18.7 Å². The number of hydrogen-bond donors (Lipinski definition) is 0. The van der Waals surface area contributed by atoms with Crippen LogP contribution in [0.4, 0.5) is 13.2 Å². The Kier molecular flexibility index (Phi) is 7.33. The fourth-order valence-electron chi connectivity index (χ4n) is 3.44. The number of sulfonamides is 1. The summed E-state index contributed by atoms with van der Waals surface area (Å²) in [6.07, 6.45) is -0.111. The molecule has 2 aromatic rings. The molecule has 0 radical (unpaired) electrons. The molecule has 0 atom stereocenters. The second-order valence-electron chi connectivity index (χ2n) is 7.32. The van der Waals surface area contributed by atoms with Crippen LogP contribution in [0.2, 0.25) is 5.02 Å². The van der Waals surface area contributed by atoms with Gasteiger partial charge in [0.15, 0.2) is 0 Å². The van der Waals surface area contributed by atoms with Crippen molar-refractivity contribution in [3.63, 3.8) is 0 Å². The summed E-state index contributed by atoms with van der Waals surface area (Å²) >= 11 is 6.12. The van der Waals surface area contributed by atoms with E-state index in [1.54, 1.807) is 0 Å². The third-order valence-electron chi connectivity index (χ3n) is 4.95. The molecule has 3 rings (SSSR count). The Morgan fingerprint density at radius 2 is 1.81 bits per heavy atom. The summed E-state index contributed by atoms with van der Waals surface area (Å²) in [5.41, 5.74) is -0.200. The predicted molar refractivity (Wildman–Crippen MR) is 108 cm³/mol. The molecule has 0 spiro atoms. The number of halogens is 4. The van der Waals surface area contributed by atoms with Gasteiger partial charge in [0.25, 0.3) is 5.91 Å². The molecule has 1 aliphatic rings. The van der Waals surface area contributed by atoms with Crippen molar-refractivity contribution in [1.29, 1.82) is 0 Å². The number of rotatable bonds is 6. The quantitative estimate of drug-likeness (QED) is 0.603. The Balaban J connectivity index is 1.93. The van der Waals surface area contributed by atoms with E-state index in [1.165, 1.54) is 34.8 Å². The van der Waals surface area contributed by atoms with Gasteiger partial charge >= 0.3 is 6.18 Å². The van der Waals surface area contributed by atoms with Gasteiger partial charge in [0.1, 0.15) is 17.2 Å². The second kappa shape index (κ2) is 9.62. The molecule has 0 bridgehead atoms. The average Bonchev–Trinajstić information content (AvgIpc) is 3.04. The van der Waals surface area contributed by atoms with Crippen LogP contribution in [0.1, 0.15) is 41.8 Å². The topological polar surface area (TPSA) is 70.8 Å². The Bertz CT molecular complexity index is 1000. The molecule has 6 nitrogen and oxygen atoms in total. The van der Waals surface area contributed by atoms with E-state index in [1.807, 2.05) is 0 Å². The first-order valence-corrected chi connectivity index (χ1v) is 11.6. The average molecular weight is 479 g/mol. The van der Waals surface area contributed by atoms with E-state index in [-0.39, 0.29) is 21.2 Å². The monoisotopic (exact) mass is 478 g/mol. The van der Waals surface area contributed by atoms with Gasteiger partial charge < -0.3 is 9.32 Å². The van der Waals surface area contributed by atoms with E-state index in [2.05, 4.69) is 0 Å². The second-order valence-corrected chi connectivity index (χ2v) is 9.63. The number of benzene rings is 1. The maximum Gasteiger partial charge on any atom is 0.406 e. The van der Waals surface area contributed by atoms with E-state index >= 15 is 0 Å². The van der Waals surface area contributed by atoms with Gasteiger partial charge in [-0.05, 0) is 43.2 Å². The SMILES string of the molecule is O=C(c1ccc(Cl)c(S(=O)(=O)N2CCCCCC2)c1)N(Cc1ccco1)CC(F)(F)F. The molecule has 0 aliphatic carbocycles. The summed E-state index contributed by atoms with van der Waals surface area (Å²) in [7, 11) is -3.99. The minimum atomic E-state index is -4.64. The number of amides is 1. The molecule has 0 unspecified atom stereocenters. The zero-order valence-electron chi connectivity index (χ0n) is 16.6. The first kappa shape index (κ1) is 23.6. The first-order chi connectivity index (χ1) is 14.6. The van der Waals surface area contributed by atoms with E-state index in [4.69, 9.17) is 16.0 Å². The lowest BCUT2D eigenvalue weighted by Crippen LogP contribution is -2.38. The molecule has 1 saturated heterocycles. The number of alkyl halides is 3. The van der Waals surface area contributed by atoms with Crippen LogP contribution in [0.15, 0.2) is 45.9 Å². The molecule has 1 aromatic heterocycles. The lowest BCUT2D eigenvalue weighted by molar-refractivity contribution is -0.142. The zero-order valence-corrected chi connectivity index (χ0v) is 18.1. The molecule has 1 aromatic carbocycles. The molecule has 0 saturated carbocycles. The van der Waals surface area contributed by atoms with Crippen LogP contribution < -0.4 is 0 Å². The van der Waals surface area contributed by atoms with Gasteiger partial charge in [0.2, 0.25) is 10.0 Å². The van der Waals surface area contributed by atoms with Crippen molar-refractivity contribution in [1.82, 2.24) is 9.21 Å². The number of carbonyl (C=O) groups is 1. The lowest BCUT2D eigenvalue weighted by Gasteiger charge is -2.24. The maximum atomic E-state index is 13.1. The molecule has 2 heterocycles. The standard InChI is InChI=1S/C20H22ClF3N2O4S/c21-17-8-7-15(12-18(17)31(28,29)26-9-3-1-2-4-10-26)19(27)25(14-20(22,23)24)13-16-6-5-11-30-16/h5-8,11-12H,1-4,9-10,13-14H2. The van der Waals surface area contributed by atoms with Gasteiger partial charge in [-0.2, -0.15) is 17.5 Å². The lowest BCUT2D eigenvalue weighted by atomic mass is 10.2. The minimum Gasteiger partial charge on any atom is -0.467 e. The van der Waals surface area contributed by atoms with Crippen molar-refractivity contribution in [2.24, 2.45) is 0 Å². The predicted octanol–water partition coefficient (Wildman–Crippen LogP) is 4.70. The summed E-state index contributed by atoms with van der Waals surface area (Å²) in [6.45, 7) is -1.27. The fraction of sp³-hybridized carbons (Fsp3) is 0.450. The summed E-state index contributed by atoms with van der Waals surface area (Å²) < 4.78 is 71.8. The van der Waals surface area contributed by atoms with E-state index in [0.717, 1.165) is 18.9 Å². The van der Waals surface area contributed by atoms with Crippen LogP contribution in [-0.4, -0.2) is 49.3 Å². The molecular weight excluding hydrogens is 457 g/mol. The Labute approximate surface area is 183 Å². The minimum absolute atomic E-state index is 0.0887. The highest BCUT2D eigenvalue weighted by Crippen LogP contribution is 2.29. The Hall–Kier alpha value is -2.04. The zero-order chi connectivity index (χ0) is 22.6. The highest BCUT2D eigenvalue weighted by Gasteiger charge is 2.35. The molecule has 1 fully saturated rings. The molecule has 1 aliphatic heterocycles. The summed E-state index contributed by atoms with van der Waals surface area (Å²) in [6, 6.07) is 6.44. The van der Waals surface area contributed by atoms with Crippen molar-refractivity contribution in [3.8, 4) is 0 Å². The van der Waals surface area contributed by atoms with Gasteiger partial charge in [-0.3, -0.25) is 4.79 Å². The van der Waals surface area contributed by atoms with Crippen LogP contribution in [0.5, 0.6) is 0 Å². The summed E-state index contributed by atoms with van der Waals surface area (Å²) in [4.78, 5) is 13.2. The van der Waals surface area contributed by atoms with Crippen molar-refractivity contribution in [2.45, 2.75) is 43.3 Å². The third kappa shape index (κ3) is 6.02. The van der Waals surface area contributed by atoms with Gasteiger partial charge in [-0.25, -0.2) is 8.42 Å². The number of furan rings is 1. The number of hydrogen-bond acceptors (Lipinski definition) is 4. The third-order valence-corrected chi connectivity index (χ3v) is 7.33. The van der Waals surface area contributed by atoms with Crippen LogP contribution in [-0.2, 0) is 16.6 Å². The normalized spacial score (nSPS) is 16.1. The van der Waals surface area contributed by atoms with Gasteiger partial charge in [-0.1, -0.05) is 24.4 Å². The number of carbonyl (C=O) groups excluding carboxylic acids is 1. The maximum absolute atomic E-state index is 13.1. The van der Waals surface area contributed by atoms with Crippen molar-refractivity contribution < 1.29 is 30.8 Å². The van der Waals surface area contributed by atoms with Crippen molar-refractivity contribution >= 4 is 27.5 Å². The van der Waals surface area contributed by atoms with E-state index < -0.39 is 35.2 Å². The van der Waals surface area contributed by atoms with Gasteiger partial charge in [-0.15, -0.1) is 0 Å². The van der Waals surface area contributed by atoms with Crippen molar-refractivity contribution in [2.75, 3.05) is 19.6 Å². The van der Waals surface area contributed by atoms with Crippen LogP contribution in [0.3, 0.4) is 0 Å². The Morgan fingerprint density at radius 3 is 2.39 bits per heavy atom. The van der Waals surface area contributed by atoms with Crippen molar-refractivity contribution in [3.05, 3.63) is 52.9 Å².